The van der Waals surface area contributed by atoms with Gasteiger partial charge in [-0.15, -0.1) is 0 Å². The summed E-state index contributed by atoms with van der Waals surface area (Å²) in [6, 6.07) is 10.9. The Labute approximate surface area is 167 Å². The molecule has 0 saturated carbocycles. The van der Waals surface area contributed by atoms with Crippen LogP contribution in [0, 0.1) is 5.82 Å². The summed E-state index contributed by atoms with van der Waals surface area (Å²) in [5.74, 6) is -0.387. The van der Waals surface area contributed by atoms with Crippen LogP contribution in [0.3, 0.4) is 0 Å². The second-order valence-corrected chi connectivity index (χ2v) is 7.33. The van der Waals surface area contributed by atoms with Crippen molar-refractivity contribution < 1.29 is 14.0 Å². The SMILES string of the molecule is O=C(CCc1ccc(F)cc1)N1CCN(C(=O)c2cc(Cl)cc(Cl)c2)CC1. The van der Waals surface area contributed by atoms with Crippen LogP contribution in [0.1, 0.15) is 22.3 Å². The summed E-state index contributed by atoms with van der Waals surface area (Å²) in [4.78, 5) is 28.4. The molecule has 1 saturated heterocycles. The molecule has 3 rings (SSSR count). The molecule has 0 unspecified atom stereocenters. The van der Waals surface area contributed by atoms with Crippen molar-refractivity contribution in [2.24, 2.45) is 0 Å². The molecule has 4 nitrogen and oxygen atoms in total. The van der Waals surface area contributed by atoms with Crippen molar-refractivity contribution in [3.05, 3.63) is 69.5 Å². The van der Waals surface area contributed by atoms with Crippen LogP contribution >= 0.6 is 23.2 Å². The Morgan fingerprint density at radius 2 is 1.44 bits per heavy atom. The first-order valence-corrected chi connectivity index (χ1v) is 9.45. The highest BCUT2D eigenvalue weighted by molar-refractivity contribution is 6.35. The molecule has 0 radical (unpaired) electrons. The summed E-state index contributed by atoms with van der Waals surface area (Å²) in [7, 11) is 0. The maximum Gasteiger partial charge on any atom is 0.254 e. The zero-order valence-corrected chi connectivity index (χ0v) is 16.1. The number of hydrogen-bond donors (Lipinski definition) is 0. The van der Waals surface area contributed by atoms with Gasteiger partial charge in [-0.25, -0.2) is 4.39 Å². The van der Waals surface area contributed by atoms with Gasteiger partial charge in [0.2, 0.25) is 5.91 Å². The van der Waals surface area contributed by atoms with Gasteiger partial charge in [0, 0.05) is 48.2 Å². The lowest BCUT2D eigenvalue weighted by Gasteiger charge is -2.35. The molecule has 0 atom stereocenters. The topological polar surface area (TPSA) is 40.6 Å². The Bertz CT molecular complexity index is 814. The normalized spacial score (nSPS) is 14.3. The van der Waals surface area contributed by atoms with Crippen LogP contribution in [-0.2, 0) is 11.2 Å². The van der Waals surface area contributed by atoms with Crippen molar-refractivity contribution in [1.82, 2.24) is 9.80 Å². The standard InChI is InChI=1S/C20H19Cl2FN2O2/c21-16-11-15(12-17(22)13-16)20(27)25-9-7-24(8-10-25)19(26)6-3-14-1-4-18(23)5-2-14/h1-2,4-5,11-13H,3,6-10H2. The van der Waals surface area contributed by atoms with Gasteiger partial charge in [0.05, 0.1) is 0 Å². The zero-order chi connectivity index (χ0) is 19.4. The molecule has 0 aliphatic carbocycles. The predicted molar refractivity (Wildman–Crippen MR) is 104 cm³/mol. The molecule has 0 spiro atoms. The molecular formula is C20H19Cl2FN2O2. The molecule has 0 aromatic heterocycles. The second-order valence-electron chi connectivity index (χ2n) is 6.46. The van der Waals surface area contributed by atoms with Crippen LogP contribution in [-0.4, -0.2) is 47.8 Å². The minimum atomic E-state index is -0.285. The summed E-state index contributed by atoms with van der Waals surface area (Å²) in [6.07, 6.45) is 0.933. The number of halogens is 3. The van der Waals surface area contributed by atoms with Crippen molar-refractivity contribution in [2.45, 2.75) is 12.8 Å². The van der Waals surface area contributed by atoms with Crippen LogP contribution in [0.2, 0.25) is 10.0 Å². The highest BCUT2D eigenvalue weighted by atomic mass is 35.5. The van der Waals surface area contributed by atoms with Gasteiger partial charge in [-0.1, -0.05) is 35.3 Å². The lowest BCUT2D eigenvalue weighted by Crippen LogP contribution is -2.50. The summed E-state index contributed by atoms with van der Waals surface area (Å²) >= 11 is 11.9. The quantitative estimate of drug-likeness (QED) is 0.765. The third kappa shape index (κ3) is 5.21. The van der Waals surface area contributed by atoms with E-state index in [9.17, 15) is 14.0 Å². The van der Waals surface area contributed by atoms with E-state index in [1.165, 1.54) is 12.1 Å². The van der Waals surface area contributed by atoms with Crippen LogP contribution < -0.4 is 0 Å². The van der Waals surface area contributed by atoms with Crippen molar-refractivity contribution in [3.63, 3.8) is 0 Å². The summed E-state index contributed by atoms with van der Waals surface area (Å²) in [5.41, 5.74) is 1.37. The Hall–Kier alpha value is -2.11. The summed E-state index contributed by atoms with van der Waals surface area (Å²) in [6.45, 7) is 1.90. The van der Waals surface area contributed by atoms with Gasteiger partial charge in [-0.2, -0.15) is 0 Å². The van der Waals surface area contributed by atoms with Gasteiger partial charge in [0.15, 0.2) is 0 Å². The van der Waals surface area contributed by atoms with Gasteiger partial charge >= 0.3 is 0 Å². The third-order valence-electron chi connectivity index (χ3n) is 4.57. The zero-order valence-electron chi connectivity index (χ0n) is 14.6. The molecule has 1 fully saturated rings. The average molecular weight is 409 g/mol. The average Bonchev–Trinajstić information content (AvgIpc) is 2.66. The fourth-order valence-corrected chi connectivity index (χ4v) is 3.61. The van der Waals surface area contributed by atoms with Gasteiger partial charge in [-0.3, -0.25) is 9.59 Å². The van der Waals surface area contributed by atoms with E-state index in [1.807, 2.05) is 0 Å². The Balaban J connectivity index is 1.51. The first-order valence-electron chi connectivity index (χ1n) is 8.70. The minimum Gasteiger partial charge on any atom is -0.339 e. The van der Waals surface area contributed by atoms with Gasteiger partial charge < -0.3 is 9.80 Å². The summed E-state index contributed by atoms with van der Waals surface area (Å²) < 4.78 is 12.9. The number of hydrogen-bond acceptors (Lipinski definition) is 2. The number of aryl methyl sites for hydroxylation is 1. The summed E-state index contributed by atoms with van der Waals surface area (Å²) in [5, 5.41) is 0.834. The number of rotatable bonds is 4. The van der Waals surface area contributed by atoms with Crippen LogP contribution in [0.25, 0.3) is 0 Å². The van der Waals surface area contributed by atoms with Crippen molar-refractivity contribution in [2.75, 3.05) is 26.2 Å². The highest BCUT2D eigenvalue weighted by Crippen LogP contribution is 2.21. The van der Waals surface area contributed by atoms with Gasteiger partial charge in [-0.05, 0) is 42.3 Å². The van der Waals surface area contributed by atoms with Gasteiger partial charge in [0.25, 0.3) is 5.91 Å². The lowest BCUT2D eigenvalue weighted by molar-refractivity contribution is -0.132. The fourth-order valence-electron chi connectivity index (χ4n) is 3.08. The van der Waals surface area contributed by atoms with E-state index in [0.29, 0.717) is 54.6 Å². The molecule has 2 aromatic rings. The molecule has 0 bridgehead atoms. The molecule has 1 aliphatic heterocycles. The Morgan fingerprint density at radius 3 is 2.04 bits per heavy atom. The molecule has 2 amide bonds. The predicted octanol–water partition coefficient (Wildman–Crippen LogP) is 4.05. The van der Waals surface area contributed by atoms with Crippen LogP contribution in [0.5, 0.6) is 0 Å². The molecule has 2 aromatic carbocycles. The van der Waals surface area contributed by atoms with Gasteiger partial charge in [0.1, 0.15) is 5.82 Å². The van der Waals surface area contributed by atoms with E-state index in [1.54, 1.807) is 40.1 Å². The Kier molecular flexibility index (Phi) is 6.34. The maximum absolute atomic E-state index is 12.9. The number of nitrogens with zero attached hydrogens (tertiary/aromatic N) is 2. The largest absolute Gasteiger partial charge is 0.339 e. The molecule has 1 aliphatic rings. The van der Waals surface area contributed by atoms with E-state index in [4.69, 9.17) is 23.2 Å². The van der Waals surface area contributed by atoms with Crippen molar-refractivity contribution >= 4 is 35.0 Å². The highest BCUT2D eigenvalue weighted by Gasteiger charge is 2.25. The third-order valence-corrected chi connectivity index (χ3v) is 5.01. The van der Waals surface area contributed by atoms with Crippen molar-refractivity contribution in [1.29, 1.82) is 0 Å². The number of benzene rings is 2. The van der Waals surface area contributed by atoms with E-state index < -0.39 is 0 Å². The second kappa shape index (κ2) is 8.72. The first-order chi connectivity index (χ1) is 12.9. The van der Waals surface area contributed by atoms with E-state index in [-0.39, 0.29) is 17.6 Å². The monoisotopic (exact) mass is 408 g/mol. The van der Waals surface area contributed by atoms with E-state index >= 15 is 0 Å². The number of carbonyl (C=O) groups is 2. The van der Waals surface area contributed by atoms with Crippen molar-refractivity contribution in [3.8, 4) is 0 Å². The number of amides is 2. The molecule has 7 heteroatoms. The smallest absolute Gasteiger partial charge is 0.254 e. The Morgan fingerprint density at radius 1 is 0.889 bits per heavy atom. The molecule has 142 valence electrons. The maximum atomic E-state index is 12.9. The molecular weight excluding hydrogens is 390 g/mol. The minimum absolute atomic E-state index is 0.0391. The lowest BCUT2D eigenvalue weighted by atomic mass is 10.1. The number of piperazine rings is 1. The molecule has 1 heterocycles. The van der Waals surface area contributed by atoms with E-state index in [2.05, 4.69) is 0 Å². The van der Waals surface area contributed by atoms with Crippen LogP contribution in [0.15, 0.2) is 42.5 Å². The fraction of sp³-hybridized carbons (Fsp3) is 0.300. The molecule has 0 N–H and O–H groups in total. The van der Waals surface area contributed by atoms with Crippen LogP contribution in [0.4, 0.5) is 4.39 Å². The molecule has 27 heavy (non-hydrogen) atoms. The first kappa shape index (κ1) is 19.6. The number of carbonyl (C=O) groups excluding carboxylic acids is 2. The van der Waals surface area contributed by atoms with E-state index in [0.717, 1.165) is 5.56 Å².